The van der Waals surface area contributed by atoms with E-state index in [2.05, 4.69) is 34.2 Å². The Morgan fingerprint density at radius 2 is 1.12 bits per heavy atom. The van der Waals surface area contributed by atoms with Crippen LogP contribution in [0.15, 0.2) is 139 Å². The fourth-order valence-electron chi connectivity index (χ4n) is 7.57. The van der Waals surface area contributed by atoms with Crippen LogP contribution in [-0.2, 0) is 26.9 Å². The number of ether oxygens (including phenoxy) is 2. The van der Waals surface area contributed by atoms with Gasteiger partial charge in [0, 0.05) is 49.4 Å². The Bertz CT molecular complexity index is 2280. The molecule has 0 bridgehead atoms. The average molecular weight is 892 g/mol. The van der Waals surface area contributed by atoms with Crippen molar-refractivity contribution in [3.63, 3.8) is 0 Å². The van der Waals surface area contributed by atoms with Gasteiger partial charge in [0.1, 0.15) is 22.8 Å². The Morgan fingerprint density at radius 3 is 1.48 bits per heavy atom. The molecule has 0 N–H and O–H groups in total. The first-order chi connectivity index (χ1) is 28.6. The lowest BCUT2D eigenvalue weighted by molar-refractivity contribution is -0.141. The molecule has 2 aliphatic heterocycles. The second kappa shape index (κ2) is 18.2. The van der Waals surface area contributed by atoms with E-state index >= 15 is 0 Å². The molecule has 0 saturated carbocycles. The quantitative estimate of drug-likeness (QED) is 0.0975. The maximum absolute atomic E-state index is 13.4. The largest absolute Gasteiger partial charge is 0.437 e. The summed E-state index contributed by atoms with van der Waals surface area (Å²) >= 11 is 3.42. The summed E-state index contributed by atoms with van der Waals surface area (Å²) in [7, 11) is 0. The number of carbonyl (C=O) groups excluding carboxylic acids is 2. The van der Waals surface area contributed by atoms with E-state index in [1.54, 1.807) is 70.5 Å². The van der Waals surface area contributed by atoms with Crippen molar-refractivity contribution >= 4 is 28.1 Å². The number of hydrogen-bond donors (Lipinski definition) is 0. The van der Waals surface area contributed by atoms with E-state index in [4.69, 9.17) is 9.47 Å². The Kier molecular flexibility index (Phi) is 13.3. The minimum Gasteiger partial charge on any atom is -0.437 e. The van der Waals surface area contributed by atoms with Crippen molar-refractivity contribution in [1.82, 2.24) is 19.6 Å². The molecule has 60 heavy (non-hydrogen) atoms. The van der Waals surface area contributed by atoms with Gasteiger partial charge in [0.05, 0.1) is 17.8 Å². The van der Waals surface area contributed by atoms with Gasteiger partial charge in [0.2, 0.25) is 0 Å². The SMILES string of the molecule is C=CC[C@]1(c2ccc(F)cc2)CCN([C@@H](C)c2ccc(-n3ccc(C(F)(F)F)n3)cc2)C(=O)O1.C=CC[C@]1(c2ccc(F)cc2)CCN([C@@H](C)c2ccc(Br)cc2)C(=O)O1. The summed E-state index contributed by atoms with van der Waals surface area (Å²) in [6, 6.07) is 27.2. The van der Waals surface area contributed by atoms with Crippen molar-refractivity contribution in [3.8, 4) is 5.69 Å². The van der Waals surface area contributed by atoms with Crippen LogP contribution in [0, 0.1) is 11.6 Å². The number of aromatic nitrogens is 2. The van der Waals surface area contributed by atoms with Gasteiger partial charge in [0.15, 0.2) is 5.69 Å². The molecule has 14 heteroatoms. The molecule has 314 valence electrons. The van der Waals surface area contributed by atoms with Crippen LogP contribution in [0.25, 0.3) is 5.69 Å². The first kappa shape index (κ1) is 43.8. The number of halogens is 6. The zero-order valence-electron chi connectivity index (χ0n) is 33.0. The zero-order valence-corrected chi connectivity index (χ0v) is 34.6. The summed E-state index contributed by atoms with van der Waals surface area (Å²) < 4.78 is 79.1. The van der Waals surface area contributed by atoms with E-state index in [1.807, 2.05) is 38.1 Å². The van der Waals surface area contributed by atoms with Crippen LogP contribution in [0.4, 0.5) is 31.5 Å². The molecule has 2 fully saturated rings. The lowest BCUT2D eigenvalue weighted by Crippen LogP contribution is -2.48. The molecule has 2 saturated heterocycles. The molecule has 3 heterocycles. The van der Waals surface area contributed by atoms with Crippen LogP contribution in [0.5, 0.6) is 0 Å². The number of nitrogens with zero attached hydrogens (tertiary/aromatic N) is 4. The number of alkyl halides is 3. The van der Waals surface area contributed by atoms with Gasteiger partial charge >= 0.3 is 18.4 Å². The highest BCUT2D eigenvalue weighted by Gasteiger charge is 2.44. The number of hydrogen-bond acceptors (Lipinski definition) is 5. The van der Waals surface area contributed by atoms with E-state index in [0.717, 1.165) is 31.9 Å². The molecule has 1 aromatic heterocycles. The Labute approximate surface area is 354 Å². The van der Waals surface area contributed by atoms with Crippen molar-refractivity contribution in [2.75, 3.05) is 13.1 Å². The summed E-state index contributed by atoms with van der Waals surface area (Å²) in [5, 5.41) is 3.57. The maximum atomic E-state index is 13.4. The van der Waals surface area contributed by atoms with Gasteiger partial charge in [-0.25, -0.2) is 23.1 Å². The molecule has 8 nitrogen and oxygen atoms in total. The van der Waals surface area contributed by atoms with Crippen molar-refractivity contribution in [1.29, 1.82) is 0 Å². The molecule has 4 atom stereocenters. The molecule has 2 aliphatic rings. The van der Waals surface area contributed by atoms with Crippen LogP contribution in [0.3, 0.4) is 0 Å². The standard InChI is InChI=1S/C25H23F4N3O2.C21H21BrFNO2/c1-3-13-24(19-6-8-20(26)9-7-19)14-16-31(23(33)34-24)17(2)18-4-10-21(11-5-18)32-15-12-22(30-32)25(27,28)29;1-3-12-21(17-6-10-19(23)11-7-17)13-14-24(20(25)26-21)15(2)16-4-8-18(22)9-5-16/h3-12,15,17H,1,13-14,16H2,2H3;3-11,15H,1,12-14H2,2H3/t17-,24+;15-,21+/m00/s1. The highest BCUT2D eigenvalue weighted by molar-refractivity contribution is 9.10. The Morgan fingerprint density at radius 1 is 0.700 bits per heavy atom. The number of benzene rings is 4. The number of cyclic esters (lactones) is 2. The molecule has 2 amide bonds. The van der Waals surface area contributed by atoms with Crippen LogP contribution >= 0.6 is 15.9 Å². The van der Waals surface area contributed by atoms with Crippen molar-refractivity contribution in [2.24, 2.45) is 0 Å². The lowest BCUT2D eigenvalue weighted by atomic mass is 9.85. The Balaban J connectivity index is 0.000000209. The van der Waals surface area contributed by atoms with Gasteiger partial charge in [-0.2, -0.15) is 18.3 Å². The molecule has 0 aliphatic carbocycles. The minimum absolute atomic E-state index is 0.0921. The second-order valence-corrected chi connectivity index (χ2v) is 15.7. The molecular formula is C46H44BrF5N4O4. The fraction of sp³-hybridized carbons (Fsp3) is 0.283. The van der Waals surface area contributed by atoms with Crippen LogP contribution in [0.1, 0.15) is 79.6 Å². The predicted octanol–water partition coefficient (Wildman–Crippen LogP) is 12.4. The van der Waals surface area contributed by atoms with Crippen molar-refractivity contribution in [2.45, 2.75) is 69.0 Å². The lowest BCUT2D eigenvalue weighted by Gasteiger charge is -2.43. The first-order valence-electron chi connectivity index (χ1n) is 19.3. The fourth-order valence-corrected chi connectivity index (χ4v) is 7.84. The normalized spacial score (nSPS) is 20.3. The predicted molar refractivity (Wildman–Crippen MR) is 221 cm³/mol. The second-order valence-electron chi connectivity index (χ2n) is 14.7. The number of amides is 2. The first-order valence-corrected chi connectivity index (χ1v) is 20.1. The zero-order chi connectivity index (χ0) is 43.2. The third-order valence-electron chi connectivity index (χ3n) is 11.0. The van der Waals surface area contributed by atoms with Gasteiger partial charge < -0.3 is 19.3 Å². The van der Waals surface area contributed by atoms with Crippen molar-refractivity contribution < 1.29 is 41.0 Å². The van der Waals surface area contributed by atoms with E-state index in [-0.39, 0.29) is 29.8 Å². The van der Waals surface area contributed by atoms with E-state index in [9.17, 15) is 31.5 Å². The third-order valence-corrected chi connectivity index (χ3v) is 11.6. The van der Waals surface area contributed by atoms with Gasteiger partial charge in [-0.15, -0.1) is 13.2 Å². The average Bonchev–Trinajstić information content (AvgIpc) is 3.74. The van der Waals surface area contributed by atoms with Crippen LogP contribution < -0.4 is 0 Å². The van der Waals surface area contributed by atoms with E-state index in [1.165, 1.54) is 30.5 Å². The van der Waals surface area contributed by atoms with E-state index < -0.39 is 29.2 Å². The highest BCUT2D eigenvalue weighted by Crippen LogP contribution is 2.41. The van der Waals surface area contributed by atoms with E-state index in [0.29, 0.717) is 50.0 Å². The number of rotatable bonds is 11. The summed E-state index contributed by atoms with van der Waals surface area (Å²) in [5.74, 6) is -0.682. The summed E-state index contributed by atoms with van der Waals surface area (Å²) in [6.45, 7) is 12.4. The summed E-state index contributed by atoms with van der Waals surface area (Å²) in [5.41, 5.74) is 1.13. The maximum Gasteiger partial charge on any atom is 0.435 e. The molecule has 4 aromatic carbocycles. The molecular weight excluding hydrogens is 847 g/mol. The molecule has 7 rings (SSSR count). The van der Waals surface area contributed by atoms with Gasteiger partial charge in [-0.05, 0) is 90.7 Å². The van der Waals surface area contributed by atoms with Crippen LogP contribution in [0.2, 0.25) is 0 Å². The third kappa shape index (κ3) is 9.65. The molecule has 0 unspecified atom stereocenters. The summed E-state index contributed by atoms with van der Waals surface area (Å²) in [6.07, 6.45) is 1.28. The Hall–Kier alpha value is -5.76. The van der Waals surface area contributed by atoms with Crippen molar-refractivity contribution in [3.05, 3.63) is 179 Å². The molecule has 5 aromatic rings. The van der Waals surface area contributed by atoms with Crippen LogP contribution in [-0.4, -0.2) is 44.9 Å². The number of carbonyl (C=O) groups is 2. The monoisotopic (exact) mass is 890 g/mol. The molecule has 0 radical (unpaired) electrons. The summed E-state index contributed by atoms with van der Waals surface area (Å²) in [4.78, 5) is 29.1. The van der Waals surface area contributed by atoms with Gasteiger partial charge in [0.25, 0.3) is 0 Å². The topological polar surface area (TPSA) is 76.9 Å². The highest BCUT2D eigenvalue weighted by atomic mass is 79.9. The molecule has 0 spiro atoms. The van der Waals surface area contributed by atoms with Gasteiger partial charge in [-0.3, -0.25) is 0 Å². The minimum atomic E-state index is -4.51. The smallest absolute Gasteiger partial charge is 0.435 e. The van der Waals surface area contributed by atoms with Gasteiger partial charge in [-0.1, -0.05) is 76.6 Å².